The predicted octanol–water partition coefficient (Wildman–Crippen LogP) is 0.666. The molecule has 0 aromatic heterocycles. The second-order valence-corrected chi connectivity index (χ2v) is 4.06. The van der Waals surface area contributed by atoms with Crippen molar-refractivity contribution in [2.45, 2.75) is 19.3 Å². The maximum Gasteiger partial charge on any atom is 0.155 e. The van der Waals surface area contributed by atoms with Crippen molar-refractivity contribution in [3.63, 3.8) is 0 Å². The summed E-state index contributed by atoms with van der Waals surface area (Å²) in [5.41, 5.74) is 0. The summed E-state index contributed by atoms with van der Waals surface area (Å²) >= 11 is -1.18. The zero-order chi connectivity index (χ0) is 8.27. The summed E-state index contributed by atoms with van der Waals surface area (Å²) in [5.74, 6) is 1.11. The zero-order valence-corrected chi connectivity index (χ0v) is 7.36. The van der Waals surface area contributed by atoms with Crippen molar-refractivity contribution in [2.24, 2.45) is 5.92 Å². The summed E-state index contributed by atoms with van der Waals surface area (Å²) in [6.07, 6.45) is 2.13. The smallest absolute Gasteiger partial charge is 0.155 e. The van der Waals surface area contributed by atoms with Gasteiger partial charge < -0.3 is 0 Å². The van der Waals surface area contributed by atoms with Crippen molar-refractivity contribution in [3.05, 3.63) is 0 Å². The number of carbonyl (C=O) groups is 1. The van der Waals surface area contributed by atoms with E-state index in [0.717, 1.165) is 6.42 Å². The molecular weight excluding hydrogens is 164 g/mol. The number of hydrogen-bond acceptors (Lipinski definition) is 3. The highest BCUT2D eigenvalue weighted by molar-refractivity contribution is 7.80. The Labute approximate surface area is 68.8 Å². The van der Waals surface area contributed by atoms with Crippen LogP contribution in [0.5, 0.6) is 0 Å². The van der Waals surface area contributed by atoms with Crippen LogP contribution in [-0.4, -0.2) is 22.9 Å². The molecule has 0 bridgehead atoms. The molecule has 0 aliphatic heterocycles. The van der Waals surface area contributed by atoms with E-state index in [1.54, 1.807) is 0 Å². The second-order valence-electron chi connectivity index (χ2n) is 2.78. The maximum atomic E-state index is 10.9. The summed E-state index contributed by atoms with van der Waals surface area (Å²) < 4.78 is 15.5. The Morgan fingerprint density at radius 2 is 2.45 bits per heavy atom. The largest absolute Gasteiger partial charge is 0.300 e. The van der Waals surface area contributed by atoms with Crippen LogP contribution in [0, 0.1) is 5.92 Å². The molecule has 1 saturated carbocycles. The molecule has 0 saturated heterocycles. The second kappa shape index (κ2) is 3.97. The molecule has 3 nitrogen and oxygen atoms in total. The van der Waals surface area contributed by atoms with Crippen molar-refractivity contribution >= 4 is 16.9 Å². The number of carbonyl (C=O) groups excluding carboxylic acids is 1. The minimum atomic E-state index is -1.18. The highest BCUT2D eigenvalue weighted by Gasteiger charge is 2.23. The van der Waals surface area contributed by atoms with Crippen LogP contribution in [0.2, 0.25) is 0 Å². The first-order valence-electron chi connectivity index (χ1n) is 3.67. The Bertz CT molecular complexity index is 179. The summed E-state index contributed by atoms with van der Waals surface area (Å²) in [6.45, 7) is 0. The molecule has 0 aromatic carbocycles. The van der Waals surface area contributed by atoms with E-state index in [1.807, 2.05) is 0 Å². The van der Waals surface area contributed by atoms with Crippen LogP contribution >= 0.6 is 0 Å². The van der Waals surface area contributed by atoms with Crippen molar-refractivity contribution in [1.82, 2.24) is 0 Å². The predicted molar refractivity (Wildman–Crippen MR) is 42.4 cm³/mol. The van der Waals surface area contributed by atoms with Gasteiger partial charge in [-0.3, -0.25) is 8.98 Å². The molecule has 2 unspecified atom stereocenters. The van der Waals surface area contributed by atoms with E-state index in [-0.39, 0.29) is 0 Å². The van der Waals surface area contributed by atoms with Crippen LogP contribution in [0.15, 0.2) is 0 Å². The van der Waals surface area contributed by atoms with E-state index < -0.39 is 11.1 Å². The summed E-state index contributed by atoms with van der Waals surface area (Å²) in [6, 6.07) is 0. The van der Waals surface area contributed by atoms with Crippen molar-refractivity contribution in [2.75, 3.05) is 12.9 Å². The fourth-order valence-corrected chi connectivity index (χ4v) is 2.10. The molecule has 64 valence electrons. The number of hydrogen-bond donors (Lipinski definition) is 0. The lowest BCUT2D eigenvalue weighted by Gasteiger charge is -2.04. The van der Waals surface area contributed by atoms with Crippen LogP contribution in [0.4, 0.5) is 0 Å². The third-order valence-corrected chi connectivity index (χ3v) is 3.02. The van der Waals surface area contributed by atoms with Gasteiger partial charge in [-0.1, -0.05) is 0 Å². The van der Waals surface area contributed by atoms with Crippen LogP contribution in [0.3, 0.4) is 0 Å². The van der Waals surface area contributed by atoms with Crippen molar-refractivity contribution < 1.29 is 13.2 Å². The molecule has 2 atom stereocenters. The van der Waals surface area contributed by atoms with Gasteiger partial charge in [0.25, 0.3) is 0 Å². The van der Waals surface area contributed by atoms with Gasteiger partial charge in [0.1, 0.15) is 5.78 Å². The third-order valence-electron chi connectivity index (χ3n) is 1.91. The fourth-order valence-electron chi connectivity index (χ4n) is 1.29. The molecule has 0 aromatic rings. The van der Waals surface area contributed by atoms with Gasteiger partial charge in [-0.25, -0.2) is 4.21 Å². The Kier molecular flexibility index (Phi) is 3.20. The molecule has 1 aliphatic carbocycles. The average Bonchev–Trinajstić information content (AvgIpc) is 2.35. The van der Waals surface area contributed by atoms with Gasteiger partial charge in [-0.05, 0) is 12.3 Å². The van der Waals surface area contributed by atoms with Crippen molar-refractivity contribution in [3.8, 4) is 0 Å². The summed E-state index contributed by atoms with van der Waals surface area (Å²) in [4.78, 5) is 10.8. The Morgan fingerprint density at radius 1 is 1.73 bits per heavy atom. The van der Waals surface area contributed by atoms with E-state index in [9.17, 15) is 9.00 Å². The van der Waals surface area contributed by atoms with Gasteiger partial charge in [0.05, 0.1) is 12.9 Å². The molecule has 0 N–H and O–H groups in total. The molecule has 1 aliphatic rings. The van der Waals surface area contributed by atoms with Crippen LogP contribution in [0.1, 0.15) is 19.3 Å². The quantitative estimate of drug-likeness (QED) is 0.634. The van der Waals surface area contributed by atoms with E-state index in [2.05, 4.69) is 4.18 Å². The monoisotopic (exact) mass is 176 g/mol. The first-order valence-corrected chi connectivity index (χ1v) is 4.91. The van der Waals surface area contributed by atoms with E-state index in [4.69, 9.17) is 0 Å². The highest BCUT2D eigenvalue weighted by atomic mass is 32.2. The van der Waals surface area contributed by atoms with E-state index in [0.29, 0.717) is 30.3 Å². The number of ketones is 1. The van der Waals surface area contributed by atoms with Gasteiger partial charge in [0.2, 0.25) is 0 Å². The molecule has 0 heterocycles. The van der Waals surface area contributed by atoms with Crippen LogP contribution in [-0.2, 0) is 20.1 Å². The molecule has 1 fully saturated rings. The third kappa shape index (κ3) is 2.71. The van der Waals surface area contributed by atoms with Gasteiger partial charge in [-0.15, -0.1) is 0 Å². The Balaban J connectivity index is 2.28. The number of rotatable bonds is 3. The molecule has 0 spiro atoms. The van der Waals surface area contributed by atoms with Crippen LogP contribution < -0.4 is 0 Å². The average molecular weight is 176 g/mol. The maximum absolute atomic E-state index is 10.9. The minimum absolute atomic E-state index is 0.295. The minimum Gasteiger partial charge on any atom is -0.300 e. The normalized spacial score (nSPS) is 27.4. The summed E-state index contributed by atoms with van der Waals surface area (Å²) in [5, 5.41) is 0. The summed E-state index contributed by atoms with van der Waals surface area (Å²) in [7, 11) is 1.42. The lowest BCUT2D eigenvalue weighted by molar-refractivity contribution is -0.117. The molecule has 11 heavy (non-hydrogen) atoms. The topological polar surface area (TPSA) is 43.4 Å². The number of Topliss-reactive ketones (excluding diaryl/α,β-unsaturated/α-hetero) is 1. The SMILES string of the molecule is COS(=O)CC1CCC(=O)C1. The molecule has 1 rings (SSSR count). The van der Waals surface area contributed by atoms with Crippen LogP contribution in [0.25, 0.3) is 0 Å². The van der Waals surface area contributed by atoms with Gasteiger partial charge in [-0.2, -0.15) is 0 Å². The molecule has 4 heteroatoms. The van der Waals surface area contributed by atoms with Crippen molar-refractivity contribution in [1.29, 1.82) is 0 Å². The van der Waals surface area contributed by atoms with E-state index in [1.165, 1.54) is 7.11 Å². The Hall–Kier alpha value is -0.220. The fraction of sp³-hybridized carbons (Fsp3) is 0.857. The highest BCUT2D eigenvalue weighted by Crippen LogP contribution is 2.22. The molecule has 0 radical (unpaired) electrons. The van der Waals surface area contributed by atoms with Gasteiger partial charge in [0, 0.05) is 12.8 Å². The zero-order valence-electron chi connectivity index (χ0n) is 6.54. The first-order chi connectivity index (χ1) is 5.22. The van der Waals surface area contributed by atoms with Gasteiger partial charge in [0.15, 0.2) is 11.1 Å². The first kappa shape index (κ1) is 8.87. The lowest BCUT2D eigenvalue weighted by atomic mass is 10.1. The molecule has 0 amide bonds. The van der Waals surface area contributed by atoms with Gasteiger partial charge >= 0.3 is 0 Å². The Morgan fingerprint density at radius 3 is 2.91 bits per heavy atom. The standard InChI is InChI=1S/C7H12O3S/c1-10-11(9)5-6-2-3-7(8)4-6/h6H,2-5H2,1H3. The molecular formula is C7H12O3S. The van der Waals surface area contributed by atoms with E-state index >= 15 is 0 Å². The lowest BCUT2D eigenvalue weighted by Crippen LogP contribution is -2.09.